The van der Waals surface area contributed by atoms with E-state index >= 15 is 0 Å². The van der Waals surface area contributed by atoms with Gasteiger partial charge in [0.25, 0.3) is 0 Å². The molecular weight excluding hydrogens is 332 g/mol. The van der Waals surface area contributed by atoms with E-state index in [2.05, 4.69) is 12.1 Å². The van der Waals surface area contributed by atoms with Gasteiger partial charge >= 0.3 is 0 Å². The van der Waals surface area contributed by atoms with Crippen LogP contribution < -0.4 is 14.2 Å². The van der Waals surface area contributed by atoms with E-state index < -0.39 is 6.10 Å². The standard InChI is InChI=1S/C21H24O5/c1-13-19(23-2)18-16(22)9-8-15(17(18)21-20(13)25-12-26-21)11-24-10-14-6-4-3-5-7-14/h3-7,15-16,22H,8-12H2,1-2H3/t15-,16?/m0/s1. The van der Waals surface area contributed by atoms with Gasteiger partial charge in [-0.3, -0.25) is 0 Å². The minimum absolute atomic E-state index is 0.141. The second-order valence-electron chi connectivity index (χ2n) is 6.84. The fourth-order valence-corrected chi connectivity index (χ4v) is 4.01. The average molecular weight is 356 g/mol. The molecule has 0 fully saturated rings. The summed E-state index contributed by atoms with van der Waals surface area (Å²) in [4.78, 5) is 0. The summed E-state index contributed by atoms with van der Waals surface area (Å²) in [6, 6.07) is 10.1. The van der Waals surface area contributed by atoms with Crippen LogP contribution in [0.1, 0.15) is 47.1 Å². The Hall–Kier alpha value is -2.24. The van der Waals surface area contributed by atoms with Crippen LogP contribution >= 0.6 is 0 Å². The van der Waals surface area contributed by atoms with Gasteiger partial charge in [0.2, 0.25) is 6.79 Å². The van der Waals surface area contributed by atoms with E-state index in [1.165, 1.54) is 0 Å². The molecule has 0 saturated heterocycles. The number of ether oxygens (including phenoxy) is 4. The highest BCUT2D eigenvalue weighted by Crippen LogP contribution is 2.54. The first-order valence-electron chi connectivity index (χ1n) is 9.00. The summed E-state index contributed by atoms with van der Waals surface area (Å²) in [6.07, 6.45) is 0.964. The number of hydrogen-bond acceptors (Lipinski definition) is 5. The van der Waals surface area contributed by atoms with Crippen LogP contribution in [0.15, 0.2) is 30.3 Å². The third kappa shape index (κ3) is 2.91. The van der Waals surface area contributed by atoms with Crippen molar-refractivity contribution in [3.63, 3.8) is 0 Å². The molecule has 0 spiro atoms. The van der Waals surface area contributed by atoms with Crippen molar-refractivity contribution < 1.29 is 24.1 Å². The van der Waals surface area contributed by atoms with E-state index in [9.17, 15) is 5.11 Å². The van der Waals surface area contributed by atoms with Gasteiger partial charge in [-0.2, -0.15) is 0 Å². The van der Waals surface area contributed by atoms with Gasteiger partial charge in [-0.1, -0.05) is 30.3 Å². The van der Waals surface area contributed by atoms with Gasteiger partial charge < -0.3 is 24.1 Å². The molecule has 0 radical (unpaired) electrons. The van der Waals surface area contributed by atoms with Crippen LogP contribution in [0.3, 0.4) is 0 Å². The van der Waals surface area contributed by atoms with Crippen LogP contribution in [0.2, 0.25) is 0 Å². The number of hydrogen-bond donors (Lipinski definition) is 1. The normalized spacial score (nSPS) is 20.7. The van der Waals surface area contributed by atoms with Gasteiger partial charge in [0.15, 0.2) is 11.5 Å². The van der Waals surface area contributed by atoms with Crippen molar-refractivity contribution in [2.75, 3.05) is 20.5 Å². The van der Waals surface area contributed by atoms with Crippen molar-refractivity contribution in [1.29, 1.82) is 0 Å². The molecule has 2 aliphatic rings. The highest BCUT2D eigenvalue weighted by Gasteiger charge is 2.37. The van der Waals surface area contributed by atoms with Gasteiger partial charge in [0.1, 0.15) is 5.75 Å². The topological polar surface area (TPSA) is 57.2 Å². The molecule has 2 aromatic carbocycles. The maximum atomic E-state index is 10.6. The summed E-state index contributed by atoms with van der Waals surface area (Å²) in [5.74, 6) is 2.31. The Morgan fingerprint density at radius 1 is 1.08 bits per heavy atom. The number of methoxy groups -OCH3 is 1. The summed E-state index contributed by atoms with van der Waals surface area (Å²) in [5, 5.41) is 10.6. The lowest BCUT2D eigenvalue weighted by molar-refractivity contribution is 0.0848. The molecule has 1 aliphatic carbocycles. The first-order valence-corrected chi connectivity index (χ1v) is 9.00. The predicted molar refractivity (Wildman–Crippen MR) is 96.9 cm³/mol. The van der Waals surface area contributed by atoms with E-state index in [0.29, 0.717) is 25.4 Å². The second kappa shape index (κ2) is 7.17. The van der Waals surface area contributed by atoms with Crippen molar-refractivity contribution in [3.05, 3.63) is 52.6 Å². The number of aliphatic hydroxyl groups excluding tert-OH is 1. The molecule has 1 unspecified atom stereocenters. The van der Waals surface area contributed by atoms with Crippen LogP contribution in [0.4, 0.5) is 0 Å². The van der Waals surface area contributed by atoms with E-state index in [4.69, 9.17) is 18.9 Å². The molecule has 2 aromatic rings. The fraction of sp³-hybridized carbons (Fsp3) is 0.429. The lowest BCUT2D eigenvalue weighted by Gasteiger charge is -2.32. The fourth-order valence-electron chi connectivity index (χ4n) is 4.01. The van der Waals surface area contributed by atoms with E-state index in [0.717, 1.165) is 40.2 Å². The third-order valence-electron chi connectivity index (χ3n) is 5.24. The Bertz CT molecular complexity index is 787. The zero-order valence-electron chi connectivity index (χ0n) is 15.2. The first-order chi connectivity index (χ1) is 12.7. The van der Waals surface area contributed by atoms with Gasteiger partial charge in [-0.25, -0.2) is 0 Å². The zero-order chi connectivity index (χ0) is 18.1. The van der Waals surface area contributed by atoms with Gasteiger partial charge in [0, 0.05) is 22.6 Å². The van der Waals surface area contributed by atoms with E-state index in [1.54, 1.807) is 7.11 Å². The SMILES string of the molecule is COc1c(C)c2c(c3c1C(O)CC[C@H]3COCc1ccccc1)OCO2. The van der Waals surface area contributed by atoms with Gasteiger partial charge in [0.05, 0.1) is 26.4 Å². The highest BCUT2D eigenvalue weighted by molar-refractivity contribution is 5.65. The molecule has 1 aliphatic heterocycles. The quantitative estimate of drug-likeness (QED) is 0.882. The average Bonchev–Trinajstić information content (AvgIpc) is 3.15. The maximum absolute atomic E-state index is 10.6. The van der Waals surface area contributed by atoms with Crippen LogP contribution in [-0.2, 0) is 11.3 Å². The number of aliphatic hydroxyl groups is 1. The molecule has 0 saturated carbocycles. The molecule has 0 aromatic heterocycles. The molecular formula is C21H24O5. The minimum atomic E-state index is -0.557. The zero-order valence-corrected chi connectivity index (χ0v) is 15.2. The lowest BCUT2D eigenvalue weighted by Crippen LogP contribution is -2.20. The second-order valence-corrected chi connectivity index (χ2v) is 6.84. The molecule has 0 amide bonds. The van der Waals surface area contributed by atoms with Crippen molar-refractivity contribution in [2.24, 2.45) is 0 Å². The Labute approximate surface area is 153 Å². The van der Waals surface area contributed by atoms with E-state index in [-0.39, 0.29) is 12.7 Å². The highest BCUT2D eigenvalue weighted by atomic mass is 16.7. The summed E-state index contributed by atoms with van der Waals surface area (Å²) in [7, 11) is 1.63. The van der Waals surface area contributed by atoms with Crippen LogP contribution in [0, 0.1) is 6.92 Å². The molecule has 2 atom stereocenters. The van der Waals surface area contributed by atoms with Crippen LogP contribution in [-0.4, -0.2) is 25.6 Å². The monoisotopic (exact) mass is 356 g/mol. The van der Waals surface area contributed by atoms with Crippen molar-refractivity contribution in [3.8, 4) is 17.2 Å². The first kappa shape index (κ1) is 17.2. The number of benzene rings is 2. The molecule has 5 nitrogen and oxygen atoms in total. The third-order valence-corrected chi connectivity index (χ3v) is 5.24. The van der Waals surface area contributed by atoms with Gasteiger partial charge in [-0.15, -0.1) is 0 Å². The molecule has 1 heterocycles. The van der Waals surface area contributed by atoms with Gasteiger partial charge in [-0.05, 0) is 25.3 Å². The maximum Gasteiger partial charge on any atom is 0.231 e. The molecule has 138 valence electrons. The lowest BCUT2D eigenvalue weighted by atomic mass is 9.79. The summed E-state index contributed by atoms with van der Waals surface area (Å²) < 4.78 is 23.1. The minimum Gasteiger partial charge on any atom is -0.496 e. The van der Waals surface area contributed by atoms with Crippen molar-refractivity contribution >= 4 is 0 Å². The number of rotatable bonds is 5. The summed E-state index contributed by atoms with van der Waals surface area (Å²) >= 11 is 0. The predicted octanol–water partition coefficient (Wildman–Crippen LogP) is 3.86. The van der Waals surface area contributed by atoms with Crippen molar-refractivity contribution in [2.45, 2.75) is 38.4 Å². The molecule has 1 N–H and O–H groups in total. The van der Waals surface area contributed by atoms with Crippen molar-refractivity contribution in [1.82, 2.24) is 0 Å². The Balaban J connectivity index is 1.64. The largest absolute Gasteiger partial charge is 0.496 e. The molecule has 4 rings (SSSR count). The smallest absolute Gasteiger partial charge is 0.231 e. The molecule has 0 bridgehead atoms. The summed E-state index contributed by atoms with van der Waals surface area (Å²) in [6.45, 7) is 3.27. The Morgan fingerprint density at radius 3 is 2.62 bits per heavy atom. The Morgan fingerprint density at radius 2 is 1.85 bits per heavy atom. The van der Waals surface area contributed by atoms with Crippen LogP contribution in [0.5, 0.6) is 17.2 Å². The molecule has 5 heteroatoms. The van der Waals surface area contributed by atoms with Crippen LogP contribution in [0.25, 0.3) is 0 Å². The number of fused-ring (bicyclic) bond motifs is 3. The summed E-state index contributed by atoms with van der Waals surface area (Å²) in [5.41, 5.74) is 3.83. The van der Waals surface area contributed by atoms with E-state index in [1.807, 2.05) is 25.1 Å². The molecule has 26 heavy (non-hydrogen) atoms. The Kier molecular flexibility index (Phi) is 4.74.